The standard InChI is InChI=1S/C13H17ClN2O4S/c14-6-5-9-1-3-11(4-2-9)21(19,20)16-8-10(17)7-12(16)13(15)18/h1-4,10,12,17H,5-8H2,(H2,15,18). The molecule has 0 radical (unpaired) electrons. The number of benzene rings is 1. The number of carbonyl (C=O) groups excluding carboxylic acids is 1. The number of aryl methyl sites for hydroxylation is 1. The summed E-state index contributed by atoms with van der Waals surface area (Å²) < 4.78 is 26.1. The molecule has 1 fully saturated rings. The van der Waals surface area contributed by atoms with Crippen LogP contribution in [0.1, 0.15) is 12.0 Å². The number of sulfonamides is 1. The van der Waals surface area contributed by atoms with E-state index in [0.717, 1.165) is 9.87 Å². The van der Waals surface area contributed by atoms with Crippen molar-refractivity contribution in [1.29, 1.82) is 0 Å². The summed E-state index contributed by atoms with van der Waals surface area (Å²) in [6.45, 7) is -0.126. The molecule has 0 aromatic heterocycles. The normalized spacial score (nSPS) is 23.3. The summed E-state index contributed by atoms with van der Waals surface area (Å²) in [6.07, 6.45) is -0.208. The van der Waals surface area contributed by atoms with Crippen LogP contribution in [0, 0.1) is 0 Å². The van der Waals surface area contributed by atoms with Gasteiger partial charge in [0.1, 0.15) is 6.04 Å². The zero-order valence-corrected chi connectivity index (χ0v) is 12.8. The Bertz CT molecular complexity index is 618. The zero-order valence-electron chi connectivity index (χ0n) is 11.3. The van der Waals surface area contributed by atoms with E-state index in [1.54, 1.807) is 12.1 Å². The molecule has 1 heterocycles. The maximum absolute atomic E-state index is 12.5. The van der Waals surface area contributed by atoms with Crippen molar-refractivity contribution in [1.82, 2.24) is 4.31 Å². The first kappa shape index (κ1) is 16.2. The van der Waals surface area contributed by atoms with Gasteiger partial charge in [-0.15, -0.1) is 11.6 Å². The third-order valence-electron chi connectivity index (χ3n) is 3.48. The lowest BCUT2D eigenvalue weighted by Gasteiger charge is -2.21. The Labute approximate surface area is 128 Å². The van der Waals surface area contributed by atoms with Gasteiger partial charge in [0.25, 0.3) is 0 Å². The fraction of sp³-hybridized carbons (Fsp3) is 0.462. The molecular weight excluding hydrogens is 316 g/mol. The second-order valence-electron chi connectivity index (χ2n) is 4.97. The monoisotopic (exact) mass is 332 g/mol. The van der Waals surface area contributed by atoms with Crippen molar-refractivity contribution in [3.63, 3.8) is 0 Å². The van der Waals surface area contributed by atoms with Gasteiger partial charge in [-0.2, -0.15) is 4.31 Å². The predicted molar refractivity (Wildman–Crippen MR) is 78.4 cm³/mol. The molecule has 8 heteroatoms. The number of β-amino-alcohol motifs (C(OH)–C–C–N with tert-alkyl or cyclic N) is 1. The predicted octanol–water partition coefficient (Wildman–Crippen LogP) is 0.0771. The highest BCUT2D eigenvalue weighted by Gasteiger charge is 2.42. The van der Waals surface area contributed by atoms with Crippen LogP contribution in [0.2, 0.25) is 0 Å². The van der Waals surface area contributed by atoms with Crippen LogP contribution >= 0.6 is 11.6 Å². The minimum atomic E-state index is -3.86. The first-order valence-electron chi connectivity index (χ1n) is 6.50. The van der Waals surface area contributed by atoms with Gasteiger partial charge in [-0.05, 0) is 24.1 Å². The highest BCUT2D eigenvalue weighted by molar-refractivity contribution is 7.89. The Balaban J connectivity index is 2.30. The molecular formula is C13H17ClN2O4S. The quantitative estimate of drug-likeness (QED) is 0.745. The highest BCUT2D eigenvalue weighted by Crippen LogP contribution is 2.26. The van der Waals surface area contributed by atoms with Gasteiger partial charge in [0.2, 0.25) is 15.9 Å². The summed E-state index contributed by atoms with van der Waals surface area (Å²) in [5.41, 5.74) is 6.15. The lowest BCUT2D eigenvalue weighted by atomic mass is 10.2. The number of rotatable bonds is 5. The van der Waals surface area contributed by atoms with Gasteiger partial charge < -0.3 is 10.8 Å². The van der Waals surface area contributed by atoms with Crippen LogP contribution < -0.4 is 5.73 Å². The van der Waals surface area contributed by atoms with E-state index in [1.165, 1.54) is 12.1 Å². The Morgan fingerprint density at radius 1 is 1.38 bits per heavy atom. The van der Waals surface area contributed by atoms with Gasteiger partial charge in [-0.3, -0.25) is 4.79 Å². The zero-order chi connectivity index (χ0) is 15.6. The molecule has 0 spiro atoms. The molecule has 1 aromatic carbocycles. The Morgan fingerprint density at radius 3 is 2.52 bits per heavy atom. The Morgan fingerprint density at radius 2 is 2.00 bits per heavy atom. The summed E-state index contributed by atoms with van der Waals surface area (Å²) in [5.74, 6) is -0.303. The van der Waals surface area contributed by atoms with Crippen molar-refractivity contribution in [2.24, 2.45) is 5.73 Å². The van der Waals surface area contributed by atoms with Gasteiger partial charge in [0.15, 0.2) is 0 Å². The molecule has 0 saturated carbocycles. The summed E-state index contributed by atoms with van der Waals surface area (Å²) in [5, 5.41) is 9.61. The van der Waals surface area contributed by atoms with Crippen molar-refractivity contribution in [3.05, 3.63) is 29.8 Å². The molecule has 3 N–H and O–H groups in total. The van der Waals surface area contributed by atoms with Gasteiger partial charge in [0, 0.05) is 18.8 Å². The van der Waals surface area contributed by atoms with Crippen LogP contribution in [0.15, 0.2) is 29.2 Å². The van der Waals surface area contributed by atoms with E-state index in [0.29, 0.717) is 12.3 Å². The van der Waals surface area contributed by atoms with E-state index < -0.39 is 28.1 Å². The Hall–Kier alpha value is -1.15. The smallest absolute Gasteiger partial charge is 0.243 e. The molecule has 1 aromatic rings. The lowest BCUT2D eigenvalue weighted by Crippen LogP contribution is -2.43. The number of primary amides is 1. The summed E-state index contributed by atoms with van der Waals surface area (Å²) in [4.78, 5) is 11.4. The maximum Gasteiger partial charge on any atom is 0.243 e. The van der Waals surface area contributed by atoms with Crippen LogP contribution in [-0.2, 0) is 21.2 Å². The number of hydrogen-bond donors (Lipinski definition) is 2. The molecule has 1 amide bonds. The molecule has 21 heavy (non-hydrogen) atoms. The number of amides is 1. The minimum Gasteiger partial charge on any atom is -0.392 e. The van der Waals surface area contributed by atoms with Gasteiger partial charge in [-0.1, -0.05) is 12.1 Å². The number of hydrogen-bond acceptors (Lipinski definition) is 4. The fourth-order valence-corrected chi connectivity index (χ4v) is 4.24. The number of carbonyl (C=O) groups is 1. The van der Waals surface area contributed by atoms with Crippen molar-refractivity contribution in [3.8, 4) is 0 Å². The average Bonchev–Trinajstić information content (AvgIpc) is 2.83. The average molecular weight is 333 g/mol. The third kappa shape index (κ3) is 3.37. The summed E-state index contributed by atoms with van der Waals surface area (Å²) >= 11 is 5.63. The van der Waals surface area contributed by atoms with E-state index in [2.05, 4.69) is 0 Å². The van der Waals surface area contributed by atoms with Crippen LogP contribution in [0.3, 0.4) is 0 Å². The summed E-state index contributed by atoms with van der Waals surface area (Å²) in [7, 11) is -3.86. The third-order valence-corrected chi connectivity index (χ3v) is 5.55. The molecule has 116 valence electrons. The van der Waals surface area contributed by atoms with E-state index >= 15 is 0 Å². The Kier molecular flexibility index (Phi) is 4.88. The summed E-state index contributed by atoms with van der Waals surface area (Å²) in [6, 6.07) is 5.30. The van der Waals surface area contributed by atoms with E-state index in [1.807, 2.05) is 0 Å². The van der Waals surface area contributed by atoms with E-state index in [4.69, 9.17) is 17.3 Å². The van der Waals surface area contributed by atoms with Crippen LogP contribution in [0.4, 0.5) is 0 Å². The molecule has 0 aliphatic carbocycles. The topological polar surface area (TPSA) is 101 Å². The van der Waals surface area contributed by atoms with Crippen LogP contribution in [-0.4, -0.2) is 48.3 Å². The SMILES string of the molecule is NC(=O)C1CC(O)CN1S(=O)(=O)c1ccc(CCCl)cc1. The molecule has 6 nitrogen and oxygen atoms in total. The molecule has 1 saturated heterocycles. The fourth-order valence-electron chi connectivity index (χ4n) is 2.38. The van der Waals surface area contributed by atoms with E-state index in [-0.39, 0.29) is 17.9 Å². The largest absolute Gasteiger partial charge is 0.392 e. The molecule has 2 atom stereocenters. The number of aliphatic hydroxyl groups excluding tert-OH is 1. The molecule has 2 unspecified atom stereocenters. The van der Waals surface area contributed by atoms with Crippen LogP contribution in [0.5, 0.6) is 0 Å². The van der Waals surface area contributed by atoms with E-state index in [9.17, 15) is 18.3 Å². The molecule has 1 aliphatic heterocycles. The van der Waals surface area contributed by atoms with Gasteiger partial charge in [0.05, 0.1) is 11.0 Å². The lowest BCUT2D eigenvalue weighted by molar-refractivity contribution is -0.121. The highest BCUT2D eigenvalue weighted by atomic mass is 35.5. The minimum absolute atomic E-state index is 0.0267. The first-order chi connectivity index (χ1) is 9.86. The van der Waals surface area contributed by atoms with Crippen LogP contribution in [0.25, 0.3) is 0 Å². The number of nitrogens with two attached hydrogens (primary N) is 1. The molecule has 0 bridgehead atoms. The van der Waals surface area contributed by atoms with Crippen molar-refractivity contribution < 1.29 is 18.3 Å². The van der Waals surface area contributed by atoms with Crippen molar-refractivity contribution in [2.45, 2.75) is 29.9 Å². The maximum atomic E-state index is 12.5. The van der Waals surface area contributed by atoms with Crippen molar-refractivity contribution in [2.75, 3.05) is 12.4 Å². The number of aliphatic hydroxyl groups is 1. The molecule has 1 aliphatic rings. The van der Waals surface area contributed by atoms with Gasteiger partial charge in [-0.25, -0.2) is 8.42 Å². The number of halogens is 1. The first-order valence-corrected chi connectivity index (χ1v) is 8.48. The molecule has 2 rings (SSSR count). The second-order valence-corrected chi connectivity index (χ2v) is 7.23. The van der Waals surface area contributed by atoms with Crippen molar-refractivity contribution >= 4 is 27.5 Å². The number of alkyl halides is 1. The van der Waals surface area contributed by atoms with Gasteiger partial charge >= 0.3 is 0 Å². The second kappa shape index (κ2) is 6.31. The number of nitrogens with zero attached hydrogens (tertiary/aromatic N) is 1.